The quantitative estimate of drug-likeness (QED) is 0.553. The fourth-order valence-corrected chi connectivity index (χ4v) is 4.05. The maximum Gasteiger partial charge on any atom is 0.270 e. The summed E-state index contributed by atoms with van der Waals surface area (Å²) in [6.07, 6.45) is 0.817. The zero-order valence-electron chi connectivity index (χ0n) is 15.9. The number of aryl methyl sites for hydroxylation is 1. The molecule has 0 saturated carbocycles. The third kappa shape index (κ3) is 2.89. The second kappa shape index (κ2) is 6.68. The molecule has 28 heavy (non-hydrogen) atoms. The van der Waals surface area contributed by atoms with E-state index in [-0.39, 0.29) is 5.91 Å². The lowest BCUT2D eigenvalue weighted by molar-refractivity contribution is 0.0697. The van der Waals surface area contributed by atoms with Crippen LogP contribution in [0.5, 0.6) is 0 Å². The van der Waals surface area contributed by atoms with E-state index in [1.54, 1.807) is 0 Å². The lowest BCUT2D eigenvalue weighted by Gasteiger charge is -2.27. The molecule has 1 aliphatic heterocycles. The Bertz CT molecular complexity index is 1160. The second-order valence-corrected chi connectivity index (χ2v) is 7.39. The lowest BCUT2D eigenvalue weighted by atomic mass is 10.1. The van der Waals surface area contributed by atoms with E-state index in [9.17, 15) is 4.79 Å². The molecule has 0 aliphatic carbocycles. The van der Waals surface area contributed by atoms with Crippen molar-refractivity contribution < 1.29 is 4.79 Å². The maximum atomic E-state index is 13.2. The highest BCUT2D eigenvalue weighted by molar-refractivity contribution is 5.98. The van der Waals surface area contributed by atoms with Crippen LogP contribution in [0, 0.1) is 0 Å². The molecule has 0 N–H and O–H groups in total. The Labute approximate surface area is 163 Å². The van der Waals surface area contributed by atoms with Crippen molar-refractivity contribution in [3.8, 4) is 0 Å². The summed E-state index contributed by atoms with van der Waals surface area (Å²) in [5, 5.41) is 5.84. The van der Waals surface area contributed by atoms with Gasteiger partial charge in [0.2, 0.25) is 0 Å². The fourth-order valence-electron chi connectivity index (χ4n) is 4.05. The molecule has 0 bridgehead atoms. The van der Waals surface area contributed by atoms with Gasteiger partial charge >= 0.3 is 0 Å². The van der Waals surface area contributed by atoms with Crippen LogP contribution in [0.25, 0.3) is 10.9 Å². The number of carbonyl (C=O) groups excluding carboxylic acids is 1. The molecule has 2 aromatic heterocycles. The first kappa shape index (κ1) is 16.8. The monoisotopic (exact) mass is 370 g/mol. The number of amides is 1. The number of fused-ring (bicyclic) bond motifs is 2. The average Bonchev–Trinajstić information content (AvgIpc) is 3.28. The Kier molecular flexibility index (Phi) is 4.01. The van der Waals surface area contributed by atoms with E-state index in [1.807, 2.05) is 57.6 Å². The van der Waals surface area contributed by atoms with Crippen LogP contribution in [0.2, 0.25) is 0 Å². The highest BCUT2D eigenvalue weighted by atomic mass is 16.2. The molecule has 0 atom stereocenters. The molecule has 5 heteroatoms. The van der Waals surface area contributed by atoms with Gasteiger partial charge in [-0.2, -0.15) is 5.10 Å². The summed E-state index contributed by atoms with van der Waals surface area (Å²) < 4.78 is 4.04. The van der Waals surface area contributed by atoms with Crippen LogP contribution in [-0.4, -0.2) is 31.7 Å². The van der Waals surface area contributed by atoms with Gasteiger partial charge in [0.25, 0.3) is 5.91 Å². The Morgan fingerprint density at radius 1 is 1.00 bits per heavy atom. The molecule has 3 heterocycles. The zero-order valence-corrected chi connectivity index (χ0v) is 15.9. The summed E-state index contributed by atoms with van der Waals surface area (Å²) in [6.45, 7) is 2.02. The highest BCUT2D eigenvalue weighted by Gasteiger charge is 2.25. The molecule has 140 valence electrons. The fraction of sp³-hybridized carbons (Fsp3) is 0.217. The Hall–Kier alpha value is -3.34. The average molecular weight is 370 g/mol. The van der Waals surface area contributed by atoms with Gasteiger partial charge < -0.3 is 9.47 Å². The normalized spacial score (nSPS) is 13.7. The first-order valence-electron chi connectivity index (χ1n) is 9.62. The molecule has 1 amide bonds. The number of aromatic nitrogens is 3. The van der Waals surface area contributed by atoms with Gasteiger partial charge in [0.15, 0.2) is 0 Å². The number of rotatable bonds is 3. The first-order valence-corrected chi connectivity index (χ1v) is 9.62. The Morgan fingerprint density at radius 2 is 1.79 bits per heavy atom. The van der Waals surface area contributed by atoms with Crippen LogP contribution < -0.4 is 0 Å². The summed E-state index contributed by atoms with van der Waals surface area (Å²) in [4.78, 5) is 15.1. The number of nitrogens with zero attached hydrogens (tertiary/aromatic N) is 4. The minimum Gasteiger partial charge on any atom is -0.340 e. The molecule has 5 nitrogen and oxygen atoms in total. The summed E-state index contributed by atoms with van der Waals surface area (Å²) in [5.41, 5.74) is 5.22. The van der Waals surface area contributed by atoms with Crippen molar-refractivity contribution in [3.05, 3.63) is 89.4 Å². The Morgan fingerprint density at radius 3 is 2.61 bits per heavy atom. The summed E-state index contributed by atoms with van der Waals surface area (Å²) in [6, 6.07) is 22.6. The van der Waals surface area contributed by atoms with E-state index in [0.29, 0.717) is 13.1 Å². The van der Waals surface area contributed by atoms with E-state index in [1.165, 1.54) is 5.56 Å². The highest BCUT2D eigenvalue weighted by Crippen LogP contribution is 2.22. The van der Waals surface area contributed by atoms with E-state index < -0.39 is 0 Å². The Balaban J connectivity index is 1.38. The second-order valence-electron chi connectivity index (χ2n) is 7.39. The van der Waals surface area contributed by atoms with Gasteiger partial charge in [-0.15, -0.1) is 0 Å². The predicted octanol–water partition coefficient (Wildman–Crippen LogP) is 3.62. The van der Waals surface area contributed by atoms with Crippen molar-refractivity contribution in [3.63, 3.8) is 0 Å². The molecule has 4 aromatic rings. The summed E-state index contributed by atoms with van der Waals surface area (Å²) >= 11 is 0. The smallest absolute Gasteiger partial charge is 0.270 e. The minimum atomic E-state index is 0.0794. The maximum absolute atomic E-state index is 13.2. The van der Waals surface area contributed by atoms with Gasteiger partial charge in [-0.1, -0.05) is 48.5 Å². The van der Waals surface area contributed by atoms with Gasteiger partial charge in [0.05, 0.1) is 24.5 Å². The molecule has 2 aromatic carbocycles. The van der Waals surface area contributed by atoms with E-state index >= 15 is 0 Å². The first-order chi connectivity index (χ1) is 13.7. The lowest BCUT2D eigenvalue weighted by Crippen LogP contribution is -2.39. The van der Waals surface area contributed by atoms with Gasteiger partial charge in [0.1, 0.15) is 5.69 Å². The van der Waals surface area contributed by atoms with Crippen LogP contribution in [0.1, 0.15) is 27.4 Å². The SMILES string of the molecule is Cn1c(C(=O)N2CCn3nc(Cc4ccccc4)cc3C2)cc2ccccc21. The van der Waals surface area contributed by atoms with Crippen molar-refractivity contribution in [2.24, 2.45) is 7.05 Å². The van der Waals surface area contributed by atoms with Crippen LogP contribution in [0.3, 0.4) is 0 Å². The number of hydrogen-bond donors (Lipinski definition) is 0. The standard InChI is InChI=1S/C23H22N4O/c1-25-21-10-6-5-9-18(21)14-22(25)23(28)26-11-12-27-20(16-26)15-19(24-27)13-17-7-3-2-4-8-17/h2-10,14-15H,11-13,16H2,1H3. The number of carbonyl (C=O) groups is 1. The van der Waals surface area contributed by atoms with E-state index in [4.69, 9.17) is 5.10 Å². The number of benzene rings is 2. The van der Waals surface area contributed by atoms with Gasteiger partial charge in [-0.3, -0.25) is 9.48 Å². The molecule has 0 fully saturated rings. The van der Waals surface area contributed by atoms with Crippen LogP contribution in [0.4, 0.5) is 0 Å². The molecule has 0 unspecified atom stereocenters. The van der Waals surface area contributed by atoms with Crippen LogP contribution >= 0.6 is 0 Å². The molecule has 0 saturated heterocycles. The minimum absolute atomic E-state index is 0.0794. The third-order valence-corrected chi connectivity index (χ3v) is 5.53. The van der Waals surface area contributed by atoms with Crippen LogP contribution in [0.15, 0.2) is 66.7 Å². The van der Waals surface area contributed by atoms with Crippen molar-refractivity contribution in [2.75, 3.05) is 6.54 Å². The molecular formula is C23H22N4O. The molecule has 1 aliphatic rings. The van der Waals surface area contributed by atoms with Crippen molar-refractivity contribution in [1.29, 1.82) is 0 Å². The van der Waals surface area contributed by atoms with Crippen molar-refractivity contribution >= 4 is 16.8 Å². The number of hydrogen-bond acceptors (Lipinski definition) is 2. The molecule has 0 radical (unpaired) electrons. The van der Waals surface area contributed by atoms with Gasteiger partial charge in [-0.25, -0.2) is 0 Å². The van der Waals surface area contributed by atoms with E-state index in [0.717, 1.165) is 41.0 Å². The van der Waals surface area contributed by atoms with Crippen LogP contribution in [-0.2, 0) is 26.6 Å². The zero-order chi connectivity index (χ0) is 19.1. The van der Waals surface area contributed by atoms with Crippen molar-refractivity contribution in [1.82, 2.24) is 19.2 Å². The molecule has 0 spiro atoms. The number of para-hydroxylation sites is 1. The topological polar surface area (TPSA) is 43.1 Å². The largest absolute Gasteiger partial charge is 0.340 e. The predicted molar refractivity (Wildman–Crippen MR) is 109 cm³/mol. The van der Waals surface area contributed by atoms with Gasteiger partial charge in [-0.05, 0) is 23.8 Å². The summed E-state index contributed by atoms with van der Waals surface area (Å²) in [5.74, 6) is 0.0794. The molecular weight excluding hydrogens is 348 g/mol. The van der Waals surface area contributed by atoms with E-state index in [2.05, 4.69) is 30.3 Å². The summed E-state index contributed by atoms with van der Waals surface area (Å²) in [7, 11) is 1.96. The molecule has 5 rings (SSSR count). The third-order valence-electron chi connectivity index (χ3n) is 5.53. The van der Waals surface area contributed by atoms with Gasteiger partial charge in [0, 0.05) is 30.9 Å². The van der Waals surface area contributed by atoms with Crippen molar-refractivity contribution in [2.45, 2.75) is 19.5 Å².